The highest BCUT2D eigenvalue weighted by molar-refractivity contribution is 7.99. The number of nitrogens with two attached hydrogens (primary N) is 1. The zero-order valence-corrected chi connectivity index (χ0v) is 25.1. The molecule has 4 heterocycles. The van der Waals surface area contributed by atoms with Gasteiger partial charge in [0.25, 0.3) is 11.8 Å². The average Bonchev–Trinajstić information content (AvgIpc) is 3.62. The van der Waals surface area contributed by atoms with Crippen LogP contribution in [0.1, 0.15) is 31.4 Å². The fourth-order valence-corrected chi connectivity index (χ4v) is 5.91. The number of fused-ring (bicyclic) bond motifs is 1. The Morgan fingerprint density at radius 2 is 2.00 bits per heavy atom. The number of oxime groups is 1. The number of pyridine rings is 1. The lowest BCUT2D eigenvalue weighted by Gasteiger charge is -2.49. The van der Waals surface area contributed by atoms with Crippen LogP contribution in [0.2, 0.25) is 0 Å². The van der Waals surface area contributed by atoms with E-state index in [0.717, 1.165) is 41.9 Å². The number of β-lactam (4-membered cyclic amide) rings is 1. The molecule has 19 heteroatoms. The average molecular weight is 657 g/mol. The Balaban J connectivity index is 0.000000782. The number of carboxylic acids is 1. The van der Waals surface area contributed by atoms with E-state index in [4.69, 9.17) is 32.8 Å². The van der Waals surface area contributed by atoms with Gasteiger partial charge in [0.15, 0.2) is 28.9 Å². The van der Waals surface area contributed by atoms with E-state index in [1.54, 1.807) is 5.38 Å². The Labute approximate surface area is 254 Å². The maximum absolute atomic E-state index is 13.2. The van der Waals surface area contributed by atoms with Crippen molar-refractivity contribution in [3.63, 3.8) is 0 Å². The first-order chi connectivity index (χ1) is 20.3. The van der Waals surface area contributed by atoms with Gasteiger partial charge in [0.1, 0.15) is 43.3 Å². The smallest absolute Gasteiger partial charge is 0.356 e. The van der Waals surface area contributed by atoms with Gasteiger partial charge in [-0.25, -0.2) is 22.8 Å². The third kappa shape index (κ3) is 8.41. The molecule has 3 aliphatic rings. The van der Waals surface area contributed by atoms with Crippen LogP contribution in [-0.4, -0.2) is 86.6 Å². The zero-order valence-electron chi connectivity index (χ0n) is 22.6. The van der Waals surface area contributed by atoms with Crippen LogP contribution in [0.15, 0.2) is 51.4 Å². The second kappa shape index (κ2) is 13.7. The molecule has 2 amide bonds. The van der Waals surface area contributed by atoms with Crippen LogP contribution in [0.5, 0.6) is 0 Å². The summed E-state index contributed by atoms with van der Waals surface area (Å²) in [7, 11) is -3.02. The molecule has 16 nitrogen and oxygen atoms in total. The Morgan fingerprint density at radius 3 is 2.58 bits per heavy atom. The van der Waals surface area contributed by atoms with Crippen molar-refractivity contribution in [3.8, 4) is 0 Å². The number of thioether (sulfide) groups is 1. The molecular formula is C24H28N6O10S3. The van der Waals surface area contributed by atoms with Gasteiger partial charge in [-0.05, 0) is 25.7 Å². The highest BCUT2D eigenvalue weighted by atomic mass is 32.3. The third-order valence-electron chi connectivity index (χ3n) is 6.54. The predicted octanol–water partition coefficient (Wildman–Crippen LogP) is 0.0320. The van der Waals surface area contributed by atoms with E-state index < -0.39 is 40.3 Å². The van der Waals surface area contributed by atoms with Crippen molar-refractivity contribution in [1.29, 1.82) is 0 Å². The molecule has 2 aromatic rings. The zero-order chi connectivity index (χ0) is 31.3. The first-order valence-corrected chi connectivity index (χ1v) is 16.0. The summed E-state index contributed by atoms with van der Waals surface area (Å²) >= 11 is 2.56. The van der Waals surface area contributed by atoms with Crippen molar-refractivity contribution >= 4 is 62.1 Å². The molecule has 2 aromatic heterocycles. The number of aromatic nitrogens is 2. The molecule has 2 unspecified atom stereocenters. The van der Waals surface area contributed by atoms with Gasteiger partial charge in [0.2, 0.25) is 10.4 Å². The van der Waals surface area contributed by atoms with Crippen molar-refractivity contribution < 1.29 is 51.2 Å². The largest absolute Gasteiger partial charge is 0.726 e. The van der Waals surface area contributed by atoms with Gasteiger partial charge in [-0.2, -0.15) is 0 Å². The summed E-state index contributed by atoms with van der Waals surface area (Å²) in [6, 6.07) is 2.17. The van der Waals surface area contributed by atoms with E-state index in [1.807, 2.05) is 36.1 Å². The lowest BCUT2D eigenvalue weighted by molar-refractivity contribution is -0.671. The van der Waals surface area contributed by atoms with Crippen molar-refractivity contribution in [2.75, 3.05) is 18.1 Å². The van der Waals surface area contributed by atoms with Crippen molar-refractivity contribution in [3.05, 3.63) is 47.1 Å². The summed E-state index contributed by atoms with van der Waals surface area (Å²) in [4.78, 5) is 50.2. The molecule has 0 bridgehead atoms. The molecule has 2 fully saturated rings. The van der Waals surface area contributed by atoms with E-state index in [9.17, 15) is 19.5 Å². The van der Waals surface area contributed by atoms with Crippen LogP contribution in [-0.2, 0) is 41.4 Å². The third-order valence-corrected chi connectivity index (χ3v) is 8.22. The number of aryl methyl sites for hydroxylation is 1. The minimum atomic E-state index is -4.92. The highest BCUT2D eigenvalue weighted by Gasteiger charge is 2.55. The molecule has 2 aliphatic heterocycles. The van der Waals surface area contributed by atoms with Crippen LogP contribution >= 0.6 is 23.1 Å². The lowest BCUT2D eigenvalue weighted by Crippen LogP contribution is -2.73. The Morgan fingerprint density at radius 1 is 1.35 bits per heavy atom. The minimum Gasteiger partial charge on any atom is -0.726 e. The van der Waals surface area contributed by atoms with Gasteiger partial charge in [-0.1, -0.05) is 5.16 Å². The first kappa shape index (κ1) is 32.1. The SMILES string of the molecule is C[n+]1ccc(SCC2=C(C(=O)O)N3C(=O)C(NC(=O)/C(=N\OC4CCCC4)c4csc(N)n4)C3CO2)cc1.O=S(=O)([O-])O. The van der Waals surface area contributed by atoms with Gasteiger partial charge in [0.05, 0.1) is 5.75 Å². The fourth-order valence-electron chi connectivity index (χ4n) is 4.53. The Kier molecular flexibility index (Phi) is 10.2. The van der Waals surface area contributed by atoms with E-state index in [2.05, 4.69) is 15.5 Å². The number of amides is 2. The van der Waals surface area contributed by atoms with E-state index >= 15 is 0 Å². The van der Waals surface area contributed by atoms with Crippen molar-refractivity contribution in [2.24, 2.45) is 12.2 Å². The number of aliphatic carboxylic acids is 1. The number of carboxylic acid groups (broad SMARTS) is 1. The van der Waals surface area contributed by atoms with Gasteiger partial charge >= 0.3 is 5.97 Å². The molecule has 5 rings (SSSR count). The Hall–Kier alpha value is -3.78. The van der Waals surface area contributed by atoms with Crippen LogP contribution in [0.3, 0.4) is 0 Å². The normalized spacial score (nSPS) is 20.4. The molecule has 232 valence electrons. The molecule has 1 saturated heterocycles. The number of carbonyl (C=O) groups excluding carboxylic acids is 2. The standard InChI is InChI=1S/C24H26N6O6S2.H2O4S/c1-29-8-6-14(7-9-29)37-12-17-20(23(33)34)30-16(10-35-17)19(22(30)32)27-21(31)18(15-11-38-24(25)26-15)28-36-13-4-2-3-5-13;1-5(2,3)4/h6-9,11,13,16,19H,2-5,10,12H2,1H3,(H3-,25,26,27,31,33,34);(H2,1,2,3,4)/b28-18-;. The minimum absolute atomic E-state index is 0.0435. The number of ether oxygens (including phenoxy) is 1. The molecule has 0 spiro atoms. The topological polar surface area (TPSA) is 238 Å². The summed E-state index contributed by atoms with van der Waals surface area (Å²) in [5, 5.41) is 18.5. The summed E-state index contributed by atoms with van der Waals surface area (Å²) in [6.45, 7) is 0.0435. The van der Waals surface area contributed by atoms with E-state index in [0.29, 0.717) is 0 Å². The summed E-state index contributed by atoms with van der Waals surface area (Å²) < 4.78 is 40.5. The molecule has 1 saturated carbocycles. The van der Waals surface area contributed by atoms with Crippen LogP contribution < -0.4 is 15.6 Å². The van der Waals surface area contributed by atoms with Gasteiger partial charge < -0.3 is 30.3 Å². The molecule has 1 aliphatic carbocycles. The lowest BCUT2D eigenvalue weighted by atomic mass is 9.92. The molecule has 5 N–H and O–H groups in total. The molecule has 0 aromatic carbocycles. The number of hydrogen-bond donors (Lipinski definition) is 4. The predicted molar refractivity (Wildman–Crippen MR) is 150 cm³/mol. The molecular weight excluding hydrogens is 628 g/mol. The van der Waals surface area contributed by atoms with Crippen molar-refractivity contribution in [1.82, 2.24) is 15.2 Å². The quantitative estimate of drug-likeness (QED) is 0.0531. The van der Waals surface area contributed by atoms with Gasteiger partial charge in [-0.15, -0.1) is 23.1 Å². The Bertz CT molecular complexity index is 1530. The molecule has 43 heavy (non-hydrogen) atoms. The fraction of sp³-hybridized carbons (Fsp3) is 0.417. The van der Waals surface area contributed by atoms with Crippen molar-refractivity contribution in [2.45, 2.75) is 48.8 Å². The second-order valence-electron chi connectivity index (χ2n) is 9.55. The van der Waals surface area contributed by atoms with Crippen LogP contribution in [0.25, 0.3) is 0 Å². The van der Waals surface area contributed by atoms with E-state index in [-0.39, 0.29) is 46.5 Å². The number of nitrogens with one attached hydrogen (secondary N) is 1. The number of nitrogen functional groups attached to an aromatic ring is 1. The number of carbonyl (C=O) groups is 3. The van der Waals surface area contributed by atoms with Crippen LogP contribution in [0.4, 0.5) is 5.13 Å². The number of hydrogen-bond acceptors (Lipinski definition) is 13. The maximum atomic E-state index is 13.2. The number of thiazole rings is 1. The van der Waals surface area contributed by atoms with Gasteiger partial charge in [-0.3, -0.25) is 19.0 Å². The summed E-state index contributed by atoms with van der Waals surface area (Å²) in [6.07, 6.45) is 7.44. The molecule has 2 atom stereocenters. The number of nitrogens with zero attached hydrogens (tertiary/aromatic N) is 4. The van der Waals surface area contributed by atoms with Crippen LogP contribution in [0, 0.1) is 0 Å². The first-order valence-electron chi connectivity index (χ1n) is 12.8. The van der Waals surface area contributed by atoms with Gasteiger partial charge in [0, 0.05) is 22.4 Å². The molecule has 0 radical (unpaired) electrons. The maximum Gasteiger partial charge on any atom is 0.356 e. The second-order valence-corrected chi connectivity index (χ2v) is 12.3. The number of rotatable bonds is 9. The number of anilines is 1. The summed E-state index contributed by atoms with van der Waals surface area (Å²) in [5.41, 5.74) is 5.69. The van der Waals surface area contributed by atoms with E-state index in [1.165, 1.54) is 16.7 Å². The highest BCUT2D eigenvalue weighted by Crippen LogP contribution is 2.35. The summed E-state index contributed by atoms with van der Waals surface area (Å²) in [5.74, 6) is -2.02. The monoisotopic (exact) mass is 656 g/mol.